The Bertz CT molecular complexity index is 326. The van der Waals surface area contributed by atoms with E-state index in [2.05, 4.69) is 15.6 Å². The molecule has 0 saturated heterocycles. The normalized spacial score (nSPS) is 11.9. The van der Waals surface area contributed by atoms with Crippen LogP contribution in [0, 0.1) is 0 Å². The Morgan fingerprint density at radius 3 is 2.93 bits per heavy atom. The highest BCUT2D eigenvalue weighted by Crippen LogP contribution is 2.09. The summed E-state index contributed by atoms with van der Waals surface area (Å²) < 4.78 is 0. The molecule has 1 amide bonds. The molecular weight excluding hydrogens is 180 g/mol. The maximum atomic E-state index is 11.2. The maximum absolute atomic E-state index is 11.2. The lowest BCUT2D eigenvalue weighted by molar-refractivity contribution is -0.121. The Morgan fingerprint density at radius 1 is 1.64 bits per heavy atom. The summed E-state index contributed by atoms with van der Waals surface area (Å²) in [4.78, 5) is 15.0. The molecule has 1 aromatic rings. The van der Waals surface area contributed by atoms with Crippen molar-refractivity contribution in [1.29, 1.82) is 0 Å². The van der Waals surface area contributed by atoms with Crippen LogP contribution in [0.3, 0.4) is 0 Å². The molecule has 1 unspecified atom stereocenters. The van der Waals surface area contributed by atoms with Gasteiger partial charge in [0.1, 0.15) is 11.9 Å². The SMILES string of the molecule is CNC(=O)C(C)Nc1ccnc(N)c1. The van der Waals surface area contributed by atoms with E-state index in [0.717, 1.165) is 5.69 Å². The fourth-order valence-electron chi connectivity index (χ4n) is 1.07. The number of nitrogens with two attached hydrogens (primary N) is 1. The average Bonchev–Trinajstić information content (AvgIpc) is 2.16. The molecule has 76 valence electrons. The summed E-state index contributed by atoms with van der Waals surface area (Å²) in [6, 6.07) is 3.15. The zero-order valence-electron chi connectivity index (χ0n) is 8.24. The molecule has 0 fully saturated rings. The summed E-state index contributed by atoms with van der Waals surface area (Å²) >= 11 is 0. The highest BCUT2D eigenvalue weighted by molar-refractivity contribution is 5.83. The lowest BCUT2D eigenvalue weighted by atomic mass is 10.3. The lowest BCUT2D eigenvalue weighted by Crippen LogP contribution is -2.35. The average molecular weight is 194 g/mol. The van der Waals surface area contributed by atoms with E-state index in [0.29, 0.717) is 5.82 Å². The molecule has 4 N–H and O–H groups in total. The fraction of sp³-hybridized carbons (Fsp3) is 0.333. The van der Waals surface area contributed by atoms with Gasteiger partial charge in [-0.2, -0.15) is 0 Å². The summed E-state index contributed by atoms with van der Waals surface area (Å²) in [5.41, 5.74) is 6.28. The topological polar surface area (TPSA) is 80.0 Å². The first kappa shape index (κ1) is 10.3. The number of amides is 1. The Labute approximate surface area is 82.7 Å². The number of pyridine rings is 1. The molecule has 0 aliphatic heterocycles. The van der Waals surface area contributed by atoms with Crippen LogP contribution >= 0.6 is 0 Å². The van der Waals surface area contributed by atoms with Gasteiger partial charge in [-0.15, -0.1) is 0 Å². The summed E-state index contributed by atoms with van der Waals surface area (Å²) in [6.07, 6.45) is 1.59. The van der Waals surface area contributed by atoms with Gasteiger partial charge in [-0.05, 0) is 13.0 Å². The van der Waals surface area contributed by atoms with Crippen molar-refractivity contribution < 1.29 is 4.79 Å². The van der Waals surface area contributed by atoms with Crippen LogP contribution in [-0.2, 0) is 4.79 Å². The Kier molecular flexibility index (Phi) is 3.28. The first-order valence-electron chi connectivity index (χ1n) is 4.33. The van der Waals surface area contributed by atoms with E-state index < -0.39 is 0 Å². The second kappa shape index (κ2) is 4.45. The first-order valence-corrected chi connectivity index (χ1v) is 4.33. The molecule has 1 atom stereocenters. The lowest BCUT2D eigenvalue weighted by Gasteiger charge is -2.13. The van der Waals surface area contributed by atoms with Crippen molar-refractivity contribution in [2.75, 3.05) is 18.1 Å². The molecule has 0 aliphatic carbocycles. The fourth-order valence-corrected chi connectivity index (χ4v) is 1.07. The Balaban J connectivity index is 2.64. The van der Waals surface area contributed by atoms with Gasteiger partial charge in [0, 0.05) is 25.0 Å². The molecule has 1 heterocycles. The van der Waals surface area contributed by atoms with Crippen molar-refractivity contribution in [3.63, 3.8) is 0 Å². The number of hydrogen-bond acceptors (Lipinski definition) is 4. The number of carbonyl (C=O) groups is 1. The smallest absolute Gasteiger partial charge is 0.241 e. The molecule has 0 bridgehead atoms. The van der Waals surface area contributed by atoms with Gasteiger partial charge in [0.05, 0.1) is 0 Å². The highest BCUT2D eigenvalue weighted by atomic mass is 16.2. The third-order valence-electron chi connectivity index (χ3n) is 1.80. The van der Waals surface area contributed by atoms with Crippen molar-refractivity contribution in [2.45, 2.75) is 13.0 Å². The van der Waals surface area contributed by atoms with Crippen LogP contribution < -0.4 is 16.4 Å². The second-order valence-electron chi connectivity index (χ2n) is 2.95. The predicted molar refractivity (Wildman–Crippen MR) is 55.8 cm³/mol. The molecule has 5 heteroatoms. The first-order chi connectivity index (χ1) is 6.63. The van der Waals surface area contributed by atoms with Crippen molar-refractivity contribution in [3.8, 4) is 0 Å². The van der Waals surface area contributed by atoms with Gasteiger partial charge in [-0.1, -0.05) is 0 Å². The molecule has 1 rings (SSSR count). The number of carbonyl (C=O) groups excluding carboxylic acids is 1. The standard InChI is InChI=1S/C9H14N4O/c1-6(9(14)11-2)13-7-3-4-12-8(10)5-7/h3-6H,1-2H3,(H,11,14)(H3,10,12,13). The van der Waals surface area contributed by atoms with Gasteiger partial charge in [0.25, 0.3) is 0 Å². The van der Waals surface area contributed by atoms with Crippen molar-refractivity contribution >= 4 is 17.4 Å². The van der Waals surface area contributed by atoms with E-state index >= 15 is 0 Å². The van der Waals surface area contributed by atoms with Gasteiger partial charge in [0.2, 0.25) is 5.91 Å². The van der Waals surface area contributed by atoms with Gasteiger partial charge in [-0.3, -0.25) is 4.79 Å². The summed E-state index contributed by atoms with van der Waals surface area (Å²) in [7, 11) is 1.60. The van der Waals surface area contributed by atoms with E-state index in [1.54, 1.807) is 32.3 Å². The van der Waals surface area contributed by atoms with Crippen LogP contribution in [0.2, 0.25) is 0 Å². The molecule has 0 spiro atoms. The van der Waals surface area contributed by atoms with Crippen LogP contribution in [0.25, 0.3) is 0 Å². The van der Waals surface area contributed by atoms with E-state index in [-0.39, 0.29) is 11.9 Å². The number of nitrogens with zero attached hydrogens (tertiary/aromatic N) is 1. The quantitative estimate of drug-likeness (QED) is 0.642. The predicted octanol–water partition coefficient (Wildman–Crippen LogP) is 0.210. The number of rotatable bonds is 3. The van der Waals surface area contributed by atoms with Crippen LogP contribution in [0.5, 0.6) is 0 Å². The van der Waals surface area contributed by atoms with Crippen molar-refractivity contribution in [3.05, 3.63) is 18.3 Å². The van der Waals surface area contributed by atoms with E-state index in [1.165, 1.54) is 0 Å². The molecule has 0 radical (unpaired) electrons. The molecule has 5 nitrogen and oxygen atoms in total. The zero-order valence-corrected chi connectivity index (χ0v) is 8.24. The van der Waals surface area contributed by atoms with Gasteiger partial charge in [-0.25, -0.2) is 4.98 Å². The van der Waals surface area contributed by atoms with E-state index in [1.807, 2.05) is 0 Å². The summed E-state index contributed by atoms with van der Waals surface area (Å²) in [5.74, 6) is 0.361. The van der Waals surface area contributed by atoms with Gasteiger partial charge in [0.15, 0.2) is 0 Å². The third kappa shape index (κ3) is 2.62. The van der Waals surface area contributed by atoms with Crippen LogP contribution in [0.15, 0.2) is 18.3 Å². The zero-order chi connectivity index (χ0) is 10.6. The van der Waals surface area contributed by atoms with E-state index in [9.17, 15) is 4.79 Å². The van der Waals surface area contributed by atoms with E-state index in [4.69, 9.17) is 5.73 Å². The largest absolute Gasteiger partial charge is 0.384 e. The maximum Gasteiger partial charge on any atom is 0.241 e. The summed E-state index contributed by atoms with van der Waals surface area (Å²) in [6.45, 7) is 1.77. The molecule has 1 aromatic heterocycles. The highest BCUT2D eigenvalue weighted by Gasteiger charge is 2.09. The number of hydrogen-bond donors (Lipinski definition) is 3. The molecule has 0 saturated carbocycles. The Hall–Kier alpha value is -1.78. The molecule has 0 aromatic carbocycles. The van der Waals surface area contributed by atoms with Crippen LogP contribution in [0.1, 0.15) is 6.92 Å². The monoisotopic (exact) mass is 194 g/mol. The number of likely N-dealkylation sites (N-methyl/N-ethyl adjacent to an activating group) is 1. The van der Waals surface area contributed by atoms with Crippen LogP contribution in [0.4, 0.5) is 11.5 Å². The molecule has 0 aliphatic rings. The molecular formula is C9H14N4O. The minimum Gasteiger partial charge on any atom is -0.384 e. The van der Waals surface area contributed by atoms with Gasteiger partial charge < -0.3 is 16.4 Å². The molecule has 14 heavy (non-hydrogen) atoms. The minimum absolute atomic E-state index is 0.0691. The van der Waals surface area contributed by atoms with Crippen LogP contribution in [-0.4, -0.2) is 24.0 Å². The number of nitrogens with one attached hydrogen (secondary N) is 2. The minimum atomic E-state index is -0.290. The van der Waals surface area contributed by atoms with Crippen molar-refractivity contribution in [1.82, 2.24) is 10.3 Å². The number of aromatic nitrogens is 1. The summed E-state index contributed by atoms with van der Waals surface area (Å²) in [5, 5.41) is 5.55. The third-order valence-corrected chi connectivity index (χ3v) is 1.80. The number of anilines is 2. The van der Waals surface area contributed by atoms with Gasteiger partial charge >= 0.3 is 0 Å². The second-order valence-corrected chi connectivity index (χ2v) is 2.95. The van der Waals surface area contributed by atoms with Crippen molar-refractivity contribution in [2.24, 2.45) is 0 Å². The number of nitrogen functional groups attached to an aromatic ring is 1. The Morgan fingerprint density at radius 2 is 2.36 bits per heavy atom.